The molecule has 47 heavy (non-hydrogen) atoms. The molecular weight excluding hydrogens is 679 g/mol. The van der Waals surface area contributed by atoms with E-state index in [1.165, 1.54) is 10.8 Å². The van der Waals surface area contributed by atoms with Gasteiger partial charge in [0.15, 0.2) is 32.8 Å². The minimum atomic E-state index is -4.84. The molecule has 0 amide bonds. The third kappa shape index (κ3) is 8.83. The minimum Gasteiger partial charge on any atom is -0.456 e. The molecule has 3 heterocycles. The lowest BCUT2D eigenvalue weighted by atomic mass is 9.98. The highest BCUT2D eigenvalue weighted by atomic mass is 35.5. The number of halogens is 1. The number of aliphatic hydroxyl groups excluding tert-OH is 1. The molecule has 1 unspecified atom stereocenters. The number of aliphatic hydroxyl groups is 1. The first-order valence-electron chi connectivity index (χ1n) is 15.1. The lowest BCUT2D eigenvalue weighted by Crippen LogP contribution is -2.40. The summed E-state index contributed by atoms with van der Waals surface area (Å²) in [5.41, 5.74) is -1.46. The number of carbonyl (C=O) groups is 2. The largest absolute Gasteiger partial charge is 0.456 e. The van der Waals surface area contributed by atoms with Crippen LogP contribution in [0, 0.1) is 22.7 Å². The number of hydrogen-bond donors (Lipinski definition) is 3. The number of pyridine rings is 1. The summed E-state index contributed by atoms with van der Waals surface area (Å²) in [4.78, 5) is 39.1. The number of nitrogens with zero attached hydrogens (tertiary/aromatic N) is 3. The van der Waals surface area contributed by atoms with Crippen LogP contribution < -0.4 is 5.32 Å². The monoisotopic (exact) mass is 718 g/mol. The van der Waals surface area contributed by atoms with Crippen LogP contribution >= 0.6 is 19.2 Å². The van der Waals surface area contributed by atoms with Crippen LogP contribution in [-0.4, -0.2) is 82.3 Å². The molecule has 0 radical (unpaired) electrons. The number of nitriles is 1. The van der Waals surface area contributed by atoms with Crippen LogP contribution in [0.1, 0.15) is 72.1 Å². The fourth-order valence-corrected chi connectivity index (χ4v) is 9.25. The molecular formula is C29H40ClN4O11PS. The van der Waals surface area contributed by atoms with Crippen LogP contribution in [0.4, 0.5) is 5.69 Å². The van der Waals surface area contributed by atoms with Gasteiger partial charge < -0.3 is 34.1 Å². The van der Waals surface area contributed by atoms with E-state index in [0.29, 0.717) is 11.1 Å². The molecule has 2 aromatic heterocycles. The lowest BCUT2D eigenvalue weighted by Gasteiger charge is -2.22. The second kappa shape index (κ2) is 14.4. The van der Waals surface area contributed by atoms with E-state index >= 15 is 0 Å². The molecule has 0 bridgehead atoms. The highest BCUT2D eigenvalue weighted by molar-refractivity contribution is 7.97. The Labute approximate surface area is 277 Å². The maximum Gasteiger partial charge on any atom is 0.346 e. The van der Waals surface area contributed by atoms with Gasteiger partial charge in [0.2, 0.25) is 6.79 Å². The Bertz CT molecular complexity index is 1700. The summed E-state index contributed by atoms with van der Waals surface area (Å²) < 4.78 is 61.4. The van der Waals surface area contributed by atoms with Gasteiger partial charge in [-0.3, -0.25) is 18.7 Å². The minimum absolute atomic E-state index is 0.0956. The van der Waals surface area contributed by atoms with Gasteiger partial charge in [0, 0.05) is 17.6 Å². The number of hydrogen-bond acceptors (Lipinski definition) is 13. The van der Waals surface area contributed by atoms with Crippen molar-refractivity contribution in [2.75, 3.05) is 23.4 Å². The van der Waals surface area contributed by atoms with Gasteiger partial charge in [0.25, 0.3) is 0 Å². The van der Waals surface area contributed by atoms with Crippen LogP contribution in [0.25, 0.3) is 11.0 Å². The normalized spacial score (nSPS) is 23.5. The molecule has 0 spiro atoms. The van der Waals surface area contributed by atoms with E-state index in [9.17, 15) is 37.8 Å². The summed E-state index contributed by atoms with van der Waals surface area (Å²) in [5, 5.41) is 25.0. The van der Waals surface area contributed by atoms with Crippen LogP contribution in [0.2, 0.25) is 5.15 Å². The van der Waals surface area contributed by atoms with Gasteiger partial charge in [0.05, 0.1) is 22.8 Å². The number of carbonyl (C=O) groups excluding carboxylic acids is 2. The van der Waals surface area contributed by atoms with Gasteiger partial charge in [-0.15, -0.1) is 0 Å². The van der Waals surface area contributed by atoms with Crippen molar-refractivity contribution >= 4 is 57.7 Å². The van der Waals surface area contributed by atoms with E-state index in [-0.39, 0.29) is 22.4 Å². The SMILES string of the molecule is CC(C)C(=O)O[C@H]1[C@@H](O)[C@H](n2ccc3c(NC4CCCC4)c(C#N)c(Cl)nc32)O[C@@H]1CS(=O)(=O)CP(=O)(O)OCOC(=O)C(C)(C)C. The van der Waals surface area contributed by atoms with Crippen molar-refractivity contribution in [3.63, 3.8) is 0 Å². The number of aromatic nitrogens is 2. The summed E-state index contributed by atoms with van der Waals surface area (Å²) >= 11 is 6.42. The lowest BCUT2D eigenvalue weighted by molar-refractivity contribution is -0.160. The van der Waals surface area contributed by atoms with Gasteiger partial charge in [0.1, 0.15) is 29.5 Å². The molecule has 1 saturated heterocycles. The summed E-state index contributed by atoms with van der Waals surface area (Å²) in [6, 6.07) is 3.85. The van der Waals surface area contributed by atoms with Gasteiger partial charge in [-0.2, -0.15) is 5.26 Å². The van der Waals surface area contributed by atoms with Crippen LogP contribution in [0.15, 0.2) is 12.3 Å². The van der Waals surface area contributed by atoms with Crippen molar-refractivity contribution < 1.29 is 51.3 Å². The van der Waals surface area contributed by atoms with E-state index in [0.717, 1.165) is 25.7 Å². The van der Waals surface area contributed by atoms with Crippen molar-refractivity contribution in [3.8, 4) is 6.07 Å². The van der Waals surface area contributed by atoms with Crippen LogP contribution in [0.3, 0.4) is 0 Å². The van der Waals surface area contributed by atoms with Crippen molar-refractivity contribution in [1.29, 1.82) is 5.26 Å². The third-order valence-corrected chi connectivity index (χ3v) is 12.3. The standard InChI is InChI=1S/C29H40ClN4O11PS/c1-16(2)27(36)45-23-20(13-47(40,41)15-46(38,39)43-14-42-28(37)29(3,4)5)44-26(22(23)35)34-11-10-18-21(32-17-8-6-7-9-17)19(12-31)24(30)33-25(18)34/h10-11,16-17,20,22-23,26,35H,6-9,13-15H2,1-5H3,(H,32,33)(H,38,39)/t20-,22-,23-,26-/m1/s1. The smallest absolute Gasteiger partial charge is 0.346 e. The van der Waals surface area contributed by atoms with Crippen molar-refractivity contribution in [2.45, 2.75) is 90.9 Å². The summed E-state index contributed by atoms with van der Waals surface area (Å²) in [6.45, 7) is 6.83. The number of nitrogens with one attached hydrogen (secondary N) is 1. The Morgan fingerprint density at radius 2 is 1.96 bits per heavy atom. The Kier molecular flexibility index (Phi) is 11.3. The van der Waals surface area contributed by atoms with E-state index in [2.05, 4.69) is 16.4 Å². The van der Waals surface area contributed by atoms with Crippen LogP contribution in [-0.2, 0) is 42.7 Å². The average Bonchev–Trinajstić information content (AvgIpc) is 3.68. The molecule has 0 aromatic carbocycles. The Morgan fingerprint density at radius 1 is 1.30 bits per heavy atom. The highest BCUT2D eigenvalue weighted by Gasteiger charge is 2.50. The number of ether oxygens (including phenoxy) is 3. The zero-order valence-corrected chi connectivity index (χ0v) is 29.2. The third-order valence-electron chi connectivity index (χ3n) is 7.77. The topological polar surface area (TPSA) is 216 Å². The predicted molar refractivity (Wildman–Crippen MR) is 170 cm³/mol. The second-order valence-corrected chi connectivity index (χ2v) is 17.8. The molecule has 5 atom stereocenters. The summed E-state index contributed by atoms with van der Waals surface area (Å²) in [5.74, 6) is -3.04. The first kappa shape index (κ1) is 37.1. The van der Waals surface area contributed by atoms with Gasteiger partial charge in [-0.25, -0.2) is 13.4 Å². The number of fused-ring (bicyclic) bond motifs is 1. The van der Waals surface area contributed by atoms with Gasteiger partial charge in [-0.1, -0.05) is 38.3 Å². The molecule has 3 N–H and O–H groups in total. The fourth-order valence-electron chi connectivity index (χ4n) is 5.34. The first-order valence-corrected chi connectivity index (χ1v) is 19.0. The molecule has 1 aliphatic heterocycles. The Morgan fingerprint density at radius 3 is 2.55 bits per heavy atom. The molecule has 18 heteroatoms. The van der Waals surface area contributed by atoms with Gasteiger partial charge in [-0.05, 0) is 39.7 Å². The molecule has 2 fully saturated rings. The quantitative estimate of drug-likeness (QED) is 0.123. The van der Waals surface area contributed by atoms with E-state index < -0.39 is 83.3 Å². The zero-order chi connectivity index (χ0) is 34.9. The maximum atomic E-state index is 13.2. The van der Waals surface area contributed by atoms with Crippen molar-refractivity contribution in [1.82, 2.24) is 9.55 Å². The number of rotatable bonds is 12. The fraction of sp³-hybridized carbons (Fsp3) is 0.655. The average molecular weight is 719 g/mol. The maximum absolute atomic E-state index is 13.2. The summed E-state index contributed by atoms with van der Waals surface area (Å²) in [6.07, 6.45) is -0.512. The predicted octanol–water partition coefficient (Wildman–Crippen LogP) is 3.86. The van der Waals surface area contributed by atoms with E-state index in [4.69, 9.17) is 30.3 Å². The Balaban J connectivity index is 1.60. The molecule has 4 rings (SSSR count). The second-order valence-electron chi connectivity index (χ2n) is 13.1. The zero-order valence-electron chi connectivity index (χ0n) is 26.7. The number of anilines is 1. The molecule has 2 aliphatic rings. The van der Waals surface area contributed by atoms with E-state index in [1.54, 1.807) is 40.7 Å². The molecule has 1 saturated carbocycles. The molecule has 2 aromatic rings. The molecule has 15 nitrogen and oxygen atoms in total. The van der Waals surface area contributed by atoms with Gasteiger partial charge >= 0.3 is 19.5 Å². The number of esters is 2. The van der Waals surface area contributed by atoms with Crippen LogP contribution in [0.5, 0.6) is 0 Å². The number of sulfone groups is 1. The van der Waals surface area contributed by atoms with Crippen molar-refractivity contribution in [2.24, 2.45) is 11.3 Å². The summed E-state index contributed by atoms with van der Waals surface area (Å²) in [7, 11) is -9.32. The first-order chi connectivity index (χ1) is 21.8. The van der Waals surface area contributed by atoms with E-state index in [1.807, 2.05) is 0 Å². The van der Waals surface area contributed by atoms with Crippen molar-refractivity contribution in [3.05, 3.63) is 23.0 Å². The molecule has 260 valence electrons. The Hall–Kier alpha value is -2.77. The molecule has 1 aliphatic carbocycles. The highest BCUT2D eigenvalue weighted by Crippen LogP contribution is 2.45.